The van der Waals surface area contributed by atoms with Crippen molar-refractivity contribution in [2.24, 2.45) is 10.8 Å². The highest BCUT2D eigenvalue weighted by Crippen LogP contribution is 2.50. The molecule has 4 fully saturated rings. The largest absolute Gasteiger partial charge is 0.481 e. The molecule has 2 heterocycles. The Morgan fingerprint density at radius 3 is 1.36 bits per heavy atom. The van der Waals surface area contributed by atoms with Gasteiger partial charge < -0.3 is 20.4 Å². The number of rotatable bonds is 28. The smallest absolute Gasteiger partial charge is 0.303 e. The second-order valence-corrected chi connectivity index (χ2v) is 18.9. The van der Waals surface area contributed by atoms with Crippen molar-refractivity contribution in [3.63, 3.8) is 0 Å². The van der Waals surface area contributed by atoms with Gasteiger partial charge in [-0.3, -0.25) is 19.4 Å². The molecule has 0 aromatic rings. The number of hydrogen-bond acceptors (Lipinski definition) is 6. The third kappa shape index (κ3) is 16.5. The van der Waals surface area contributed by atoms with Gasteiger partial charge in [0, 0.05) is 24.9 Å². The first-order chi connectivity index (χ1) is 27.0. The lowest BCUT2D eigenvalue weighted by Gasteiger charge is -2.46. The highest BCUT2D eigenvalue weighted by atomic mass is 35.5. The fraction of sp³-hybridized carbons (Fsp3) is 0.870. The topological polar surface area (TPSA) is 122 Å². The molecular weight excluding hydrogens is 747 g/mol. The number of halogens is 2. The van der Waals surface area contributed by atoms with E-state index in [0.29, 0.717) is 24.9 Å². The third-order valence-electron chi connectivity index (χ3n) is 13.8. The number of unbranched alkanes of at least 4 members (excludes halogenated alkanes) is 4. The van der Waals surface area contributed by atoms with Crippen LogP contribution in [-0.4, -0.2) is 103 Å². The average Bonchev–Trinajstić information content (AvgIpc) is 3.66. The fourth-order valence-corrected chi connectivity index (χ4v) is 10.5. The summed E-state index contributed by atoms with van der Waals surface area (Å²) in [5.74, 6) is -1.45. The predicted octanol–water partition coefficient (Wildman–Crippen LogP) is 10.7. The first-order valence-electron chi connectivity index (χ1n) is 22.8. The van der Waals surface area contributed by atoms with Gasteiger partial charge in [0.05, 0.1) is 23.0 Å². The van der Waals surface area contributed by atoms with Crippen LogP contribution in [0.4, 0.5) is 0 Å². The van der Waals surface area contributed by atoms with Crippen molar-refractivity contribution in [3.05, 3.63) is 24.3 Å². The van der Waals surface area contributed by atoms with Crippen LogP contribution in [0.5, 0.6) is 0 Å². The fourth-order valence-electron chi connectivity index (χ4n) is 9.76. The van der Waals surface area contributed by atoms with Gasteiger partial charge in [0.25, 0.3) is 0 Å². The monoisotopic (exact) mass is 827 g/mol. The zero-order valence-corrected chi connectivity index (χ0v) is 36.8. The number of carbonyl (C=O) groups is 2. The normalized spacial score (nSPS) is 25.8. The first-order valence-corrected chi connectivity index (χ1v) is 23.7. The summed E-state index contributed by atoms with van der Waals surface area (Å²) >= 11 is 13.1. The van der Waals surface area contributed by atoms with Crippen molar-refractivity contribution in [3.8, 4) is 0 Å². The average molecular weight is 828 g/mol. The number of likely N-dealkylation sites (tertiary alicyclic amines) is 2. The molecule has 0 spiro atoms. The van der Waals surface area contributed by atoms with Crippen molar-refractivity contribution in [1.29, 1.82) is 0 Å². The molecule has 0 amide bonds. The molecule has 4 aliphatic rings. The van der Waals surface area contributed by atoms with Gasteiger partial charge in [0.2, 0.25) is 0 Å². The Morgan fingerprint density at radius 2 is 1.04 bits per heavy atom. The lowest BCUT2D eigenvalue weighted by Crippen LogP contribution is -2.42. The molecule has 0 unspecified atom stereocenters. The Bertz CT molecular complexity index is 1070. The summed E-state index contributed by atoms with van der Waals surface area (Å²) in [5, 5.41) is 39.3. The molecule has 2 aliphatic carbocycles. The summed E-state index contributed by atoms with van der Waals surface area (Å²) < 4.78 is 0. The maximum Gasteiger partial charge on any atom is 0.303 e. The molecule has 0 bridgehead atoms. The SMILES string of the molecule is CCCCC1([C@@H](O)CCCN2CC[C@@H](Cl)[C@@H]2C/C=C\CCCC(=O)O)CCC1.CCCCC1([C@H](O)CCCN2CC[C@@H](Cl)[C@@H]2C/C=C\CCCC(=O)O)CCC1. The van der Waals surface area contributed by atoms with Gasteiger partial charge in [-0.2, -0.15) is 0 Å². The van der Waals surface area contributed by atoms with E-state index in [4.69, 9.17) is 33.4 Å². The van der Waals surface area contributed by atoms with Gasteiger partial charge >= 0.3 is 11.9 Å². The molecule has 56 heavy (non-hydrogen) atoms. The molecule has 6 atom stereocenters. The zero-order valence-electron chi connectivity index (χ0n) is 35.2. The van der Waals surface area contributed by atoms with Crippen molar-refractivity contribution in [2.75, 3.05) is 26.2 Å². The molecule has 10 heteroatoms. The summed E-state index contributed by atoms with van der Waals surface area (Å²) in [5.41, 5.74) is 0.433. The molecule has 8 nitrogen and oxygen atoms in total. The van der Waals surface area contributed by atoms with Crippen LogP contribution in [0.25, 0.3) is 0 Å². The third-order valence-corrected chi connectivity index (χ3v) is 14.8. The van der Waals surface area contributed by atoms with E-state index in [1.165, 1.54) is 77.0 Å². The van der Waals surface area contributed by atoms with Gasteiger partial charge in [-0.15, -0.1) is 23.2 Å². The molecule has 4 N–H and O–H groups in total. The quantitative estimate of drug-likeness (QED) is 0.0350. The maximum absolute atomic E-state index is 10.8. The van der Waals surface area contributed by atoms with E-state index in [-0.39, 0.29) is 46.6 Å². The number of alkyl halides is 2. The van der Waals surface area contributed by atoms with Crippen LogP contribution in [0, 0.1) is 10.8 Å². The van der Waals surface area contributed by atoms with Crippen molar-refractivity contribution in [1.82, 2.24) is 9.80 Å². The van der Waals surface area contributed by atoms with Crippen LogP contribution in [-0.2, 0) is 9.59 Å². The molecule has 2 aliphatic heterocycles. The van der Waals surface area contributed by atoms with E-state index in [0.717, 1.165) is 90.4 Å². The van der Waals surface area contributed by atoms with E-state index >= 15 is 0 Å². The van der Waals surface area contributed by atoms with Crippen molar-refractivity contribution in [2.45, 2.75) is 216 Å². The lowest BCUT2D eigenvalue weighted by atomic mass is 9.61. The molecule has 0 radical (unpaired) electrons. The summed E-state index contributed by atoms with van der Waals surface area (Å²) in [6.07, 6.45) is 34.2. The second kappa shape index (κ2) is 26.8. The highest BCUT2D eigenvalue weighted by Gasteiger charge is 2.43. The number of aliphatic carboxylic acids is 2. The van der Waals surface area contributed by atoms with Gasteiger partial charge in [-0.25, -0.2) is 0 Å². The lowest BCUT2D eigenvalue weighted by molar-refractivity contribution is -0.138. The van der Waals surface area contributed by atoms with Crippen molar-refractivity contribution >= 4 is 35.1 Å². The molecule has 2 saturated carbocycles. The molecule has 0 aromatic heterocycles. The number of hydrogen-bond donors (Lipinski definition) is 4. The number of aliphatic hydroxyl groups is 2. The second-order valence-electron chi connectivity index (χ2n) is 17.8. The van der Waals surface area contributed by atoms with E-state index in [1.807, 2.05) is 0 Å². The molecule has 4 rings (SSSR count). The Morgan fingerprint density at radius 1 is 0.643 bits per heavy atom. The van der Waals surface area contributed by atoms with Crippen LogP contribution >= 0.6 is 23.2 Å². The van der Waals surface area contributed by atoms with Gasteiger partial charge in [0.1, 0.15) is 0 Å². The summed E-state index contributed by atoms with van der Waals surface area (Å²) in [7, 11) is 0. The standard InChI is InChI=1S/2C23H40ClNO3/c2*1-2-3-14-23(15-9-16-23)21(26)11-8-17-25-18-13-19(24)20(25)10-6-4-5-7-12-22(27)28/h2*4,6,19-21,26H,2-3,5,7-18H2,1H3,(H,27,28)/b2*6-4-/t19-,20+,21+;19-,20+,21-/m11/s1. The van der Waals surface area contributed by atoms with Crippen LogP contribution in [0.3, 0.4) is 0 Å². The molecule has 324 valence electrons. The number of carboxylic acids is 2. The maximum atomic E-state index is 10.8. The van der Waals surface area contributed by atoms with Crippen LogP contribution in [0.1, 0.15) is 181 Å². The molecular formula is C46H80Cl2N2O6. The van der Waals surface area contributed by atoms with E-state index in [9.17, 15) is 19.8 Å². The van der Waals surface area contributed by atoms with Crippen LogP contribution in [0.15, 0.2) is 24.3 Å². The number of aliphatic hydroxyl groups excluding tert-OH is 2. The Labute approximate surface area is 350 Å². The minimum absolute atomic E-state index is 0.144. The first kappa shape index (κ1) is 49.2. The van der Waals surface area contributed by atoms with E-state index in [1.54, 1.807) is 0 Å². The Kier molecular flexibility index (Phi) is 23.6. The minimum Gasteiger partial charge on any atom is -0.481 e. The predicted molar refractivity (Wildman–Crippen MR) is 232 cm³/mol. The van der Waals surface area contributed by atoms with Crippen molar-refractivity contribution < 1.29 is 30.0 Å². The van der Waals surface area contributed by atoms with E-state index < -0.39 is 11.9 Å². The number of allylic oxidation sites excluding steroid dienone is 2. The summed E-state index contributed by atoms with van der Waals surface area (Å²) in [4.78, 5) is 26.1. The summed E-state index contributed by atoms with van der Waals surface area (Å²) in [6, 6.07) is 0.736. The number of carboxylic acid groups (broad SMARTS) is 2. The van der Waals surface area contributed by atoms with Gasteiger partial charge in [0.15, 0.2) is 0 Å². The van der Waals surface area contributed by atoms with Gasteiger partial charge in [-0.1, -0.05) is 76.7 Å². The Hall–Kier alpha value is -1.16. The van der Waals surface area contributed by atoms with Crippen LogP contribution in [0.2, 0.25) is 0 Å². The van der Waals surface area contributed by atoms with Gasteiger partial charge in [-0.05, 0) is 153 Å². The minimum atomic E-state index is -0.725. The number of nitrogens with zero attached hydrogens (tertiary/aromatic N) is 2. The van der Waals surface area contributed by atoms with Crippen LogP contribution < -0.4 is 0 Å². The molecule has 2 saturated heterocycles. The highest BCUT2D eigenvalue weighted by molar-refractivity contribution is 6.21. The molecule has 0 aromatic carbocycles. The van der Waals surface area contributed by atoms with E-state index in [2.05, 4.69) is 48.0 Å². The Balaban J connectivity index is 0.000000300. The summed E-state index contributed by atoms with van der Waals surface area (Å²) in [6.45, 7) is 8.58. The zero-order chi connectivity index (χ0) is 40.8.